The van der Waals surface area contributed by atoms with Gasteiger partial charge in [-0.3, -0.25) is 0 Å². The standard InChI is InChI=1S/C11H14BrClF3NOS/c1-2-3-17-8(5-18-6-11(14,15)16)9-4-7(12)10(13)19-9/h4,8,17H,2-3,5-6H2,1H3. The van der Waals surface area contributed by atoms with E-state index in [0.29, 0.717) is 10.9 Å². The van der Waals surface area contributed by atoms with Gasteiger partial charge in [-0.05, 0) is 35.0 Å². The van der Waals surface area contributed by atoms with Gasteiger partial charge in [0.15, 0.2) is 0 Å². The fourth-order valence-electron chi connectivity index (χ4n) is 1.39. The van der Waals surface area contributed by atoms with E-state index in [0.717, 1.165) is 15.8 Å². The highest BCUT2D eigenvalue weighted by Crippen LogP contribution is 2.35. The predicted molar refractivity (Wildman–Crippen MR) is 74.9 cm³/mol. The molecule has 0 fully saturated rings. The van der Waals surface area contributed by atoms with Gasteiger partial charge in [0.1, 0.15) is 10.9 Å². The molecule has 2 nitrogen and oxygen atoms in total. The molecule has 0 saturated heterocycles. The van der Waals surface area contributed by atoms with Crippen molar-refractivity contribution in [2.45, 2.75) is 25.6 Å². The zero-order valence-electron chi connectivity index (χ0n) is 10.2. The van der Waals surface area contributed by atoms with Crippen molar-refractivity contribution >= 4 is 38.9 Å². The van der Waals surface area contributed by atoms with E-state index in [-0.39, 0.29) is 12.6 Å². The summed E-state index contributed by atoms with van der Waals surface area (Å²) in [5, 5.41) is 3.15. The van der Waals surface area contributed by atoms with Crippen molar-refractivity contribution in [2.24, 2.45) is 0 Å². The summed E-state index contributed by atoms with van der Waals surface area (Å²) in [6.07, 6.45) is -3.42. The van der Waals surface area contributed by atoms with Crippen LogP contribution in [0.3, 0.4) is 0 Å². The zero-order valence-corrected chi connectivity index (χ0v) is 13.3. The van der Waals surface area contributed by atoms with Crippen LogP contribution in [0.15, 0.2) is 10.5 Å². The molecular weight excluding hydrogens is 367 g/mol. The van der Waals surface area contributed by atoms with Gasteiger partial charge in [0.2, 0.25) is 0 Å². The Kier molecular flexibility index (Phi) is 7.10. The Morgan fingerprint density at radius 2 is 2.21 bits per heavy atom. The SMILES string of the molecule is CCCNC(COCC(F)(F)F)c1cc(Br)c(Cl)s1. The lowest BCUT2D eigenvalue weighted by Crippen LogP contribution is -2.28. The molecule has 1 heterocycles. The van der Waals surface area contributed by atoms with Gasteiger partial charge < -0.3 is 10.1 Å². The molecule has 19 heavy (non-hydrogen) atoms. The van der Waals surface area contributed by atoms with Crippen LogP contribution in [0.4, 0.5) is 13.2 Å². The van der Waals surface area contributed by atoms with E-state index in [1.807, 2.05) is 6.92 Å². The summed E-state index contributed by atoms with van der Waals surface area (Å²) < 4.78 is 42.2. The van der Waals surface area contributed by atoms with Crippen molar-refractivity contribution in [2.75, 3.05) is 19.8 Å². The van der Waals surface area contributed by atoms with E-state index in [9.17, 15) is 13.2 Å². The van der Waals surface area contributed by atoms with E-state index in [4.69, 9.17) is 16.3 Å². The molecule has 0 bridgehead atoms. The van der Waals surface area contributed by atoms with Gasteiger partial charge in [-0.15, -0.1) is 11.3 Å². The second kappa shape index (κ2) is 7.83. The van der Waals surface area contributed by atoms with Gasteiger partial charge in [-0.25, -0.2) is 0 Å². The lowest BCUT2D eigenvalue weighted by atomic mass is 10.2. The maximum atomic E-state index is 12.1. The topological polar surface area (TPSA) is 21.3 Å². The fraction of sp³-hybridized carbons (Fsp3) is 0.636. The van der Waals surface area contributed by atoms with Crippen LogP contribution in [0.5, 0.6) is 0 Å². The van der Waals surface area contributed by atoms with E-state index >= 15 is 0 Å². The first-order valence-electron chi connectivity index (χ1n) is 5.66. The van der Waals surface area contributed by atoms with Crippen LogP contribution in [0.25, 0.3) is 0 Å². The number of alkyl halides is 3. The number of rotatable bonds is 7. The first-order chi connectivity index (χ1) is 8.83. The van der Waals surface area contributed by atoms with Crippen molar-refractivity contribution in [3.8, 4) is 0 Å². The molecule has 0 aromatic carbocycles. The van der Waals surface area contributed by atoms with Gasteiger partial charge in [0.05, 0.1) is 12.6 Å². The minimum atomic E-state index is -4.30. The third-order valence-electron chi connectivity index (χ3n) is 2.20. The van der Waals surface area contributed by atoms with Crippen LogP contribution in [-0.2, 0) is 4.74 Å². The molecule has 0 radical (unpaired) electrons. The second-order valence-corrected chi connectivity index (χ2v) is 6.45. The van der Waals surface area contributed by atoms with Crippen LogP contribution >= 0.6 is 38.9 Å². The van der Waals surface area contributed by atoms with Gasteiger partial charge in [-0.1, -0.05) is 18.5 Å². The number of hydrogen-bond acceptors (Lipinski definition) is 3. The highest BCUT2D eigenvalue weighted by Gasteiger charge is 2.28. The monoisotopic (exact) mass is 379 g/mol. The molecule has 1 rings (SSSR count). The van der Waals surface area contributed by atoms with E-state index in [2.05, 4.69) is 21.2 Å². The fourth-order valence-corrected chi connectivity index (χ4v) is 3.18. The van der Waals surface area contributed by atoms with Gasteiger partial charge >= 0.3 is 6.18 Å². The first kappa shape index (κ1) is 17.2. The summed E-state index contributed by atoms with van der Waals surface area (Å²) in [6, 6.07) is 1.52. The Balaban J connectivity index is 2.61. The Hall–Kier alpha value is 0.180. The minimum absolute atomic E-state index is 0.0389. The molecule has 0 spiro atoms. The summed E-state index contributed by atoms with van der Waals surface area (Å²) in [6.45, 7) is 1.41. The molecule has 0 aliphatic carbocycles. The predicted octanol–water partition coefficient (Wildman–Crippen LogP) is 4.78. The molecular formula is C11H14BrClF3NOS. The molecule has 1 aromatic heterocycles. The summed E-state index contributed by atoms with van der Waals surface area (Å²) in [5.41, 5.74) is 0. The van der Waals surface area contributed by atoms with Crippen LogP contribution < -0.4 is 5.32 Å². The normalized spacial score (nSPS) is 13.8. The molecule has 0 aliphatic heterocycles. The average Bonchev–Trinajstić information content (AvgIpc) is 2.62. The van der Waals surface area contributed by atoms with E-state index < -0.39 is 12.8 Å². The van der Waals surface area contributed by atoms with Crippen molar-refractivity contribution in [1.29, 1.82) is 0 Å². The Labute approximate surface area is 127 Å². The summed E-state index contributed by atoms with van der Waals surface area (Å²) >= 11 is 10.5. The highest BCUT2D eigenvalue weighted by molar-refractivity contribution is 9.10. The molecule has 1 N–H and O–H groups in total. The summed E-state index contributed by atoms with van der Waals surface area (Å²) in [7, 11) is 0. The molecule has 1 aromatic rings. The Bertz CT molecular complexity index is 380. The van der Waals surface area contributed by atoms with Gasteiger partial charge in [0, 0.05) is 9.35 Å². The smallest absolute Gasteiger partial charge is 0.370 e. The summed E-state index contributed by atoms with van der Waals surface area (Å²) in [5.74, 6) is 0. The Morgan fingerprint density at radius 1 is 1.53 bits per heavy atom. The maximum Gasteiger partial charge on any atom is 0.411 e. The third kappa shape index (κ3) is 6.44. The van der Waals surface area contributed by atoms with Crippen molar-refractivity contribution in [3.05, 3.63) is 19.8 Å². The molecule has 1 atom stereocenters. The molecule has 8 heteroatoms. The average molecular weight is 381 g/mol. The molecule has 0 amide bonds. The Morgan fingerprint density at radius 3 is 2.68 bits per heavy atom. The van der Waals surface area contributed by atoms with Crippen LogP contribution in [0.2, 0.25) is 4.34 Å². The molecule has 0 aliphatic rings. The zero-order chi connectivity index (χ0) is 14.5. The number of halogens is 5. The lowest BCUT2D eigenvalue weighted by Gasteiger charge is -2.17. The molecule has 0 saturated carbocycles. The first-order valence-corrected chi connectivity index (χ1v) is 7.65. The van der Waals surface area contributed by atoms with Crippen LogP contribution in [0.1, 0.15) is 24.3 Å². The highest BCUT2D eigenvalue weighted by atomic mass is 79.9. The number of hydrogen-bond donors (Lipinski definition) is 1. The maximum absolute atomic E-state index is 12.1. The van der Waals surface area contributed by atoms with Gasteiger partial charge in [0.25, 0.3) is 0 Å². The van der Waals surface area contributed by atoms with Crippen molar-refractivity contribution < 1.29 is 17.9 Å². The third-order valence-corrected chi connectivity index (χ3v) is 4.79. The quantitative estimate of drug-likeness (QED) is 0.735. The van der Waals surface area contributed by atoms with E-state index in [1.54, 1.807) is 6.07 Å². The number of thiophene rings is 1. The van der Waals surface area contributed by atoms with Crippen molar-refractivity contribution in [1.82, 2.24) is 5.32 Å². The molecule has 110 valence electrons. The van der Waals surface area contributed by atoms with E-state index in [1.165, 1.54) is 11.3 Å². The molecule has 1 unspecified atom stereocenters. The number of ether oxygens (including phenoxy) is 1. The van der Waals surface area contributed by atoms with Crippen LogP contribution in [-0.4, -0.2) is 25.9 Å². The lowest BCUT2D eigenvalue weighted by molar-refractivity contribution is -0.175. The second-order valence-electron chi connectivity index (χ2n) is 3.91. The minimum Gasteiger partial charge on any atom is -0.370 e. The largest absolute Gasteiger partial charge is 0.411 e. The number of nitrogens with one attached hydrogen (secondary N) is 1. The van der Waals surface area contributed by atoms with Crippen molar-refractivity contribution in [3.63, 3.8) is 0 Å². The van der Waals surface area contributed by atoms with Gasteiger partial charge in [-0.2, -0.15) is 13.2 Å². The van der Waals surface area contributed by atoms with Crippen LogP contribution in [0, 0.1) is 0 Å². The summed E-state index contributed by atoms with van der Waals surface area (Å²) in [4.78, 5) is 0.854.